The Balaban J connectivity index is 1.74. The van der Waals surface area contributed by atoms with Crippen LogP contribution in [0.2, 0.25) is 0 Å². The fourth-order valence-corrected chi connectivity index (χ4v) is 3.48. The number of carbonyl (C=O) groups excluding carboxylic acids is 1. The molecule has 0 fully saturated rings. The highest BCUT2D eigenvalue weighted by molar-refractivity contribution is 8.01. The van der Waals surface area contributed by atoms with Crippen LogP contribution in [0.15, 0.2) is 28.6 Å². The van der Waals surface area contributed by atoms with Crippen LogP contribution < -0.4 is 10.6 Å². The van der Waals surface area contributed by atoms with Gasteiger partial charge in [-0.05, 0) is 24.6 Å². The average molecular weight is 347 g/mol. The van der Waals surface area contributed by atoms with Gasteiger partial charge in [-0.1, -0.05) is 36.1 Å². The highest BCUT2D eigenvalue weighted by atomic mass is 32.2. The van der Waals surface area contributed by atoms with Crippen LogP contribution in [0.4, 0.5) is 10.8 Å². The SMILES string of the molecule is CCCNc1nnc(SCCC(=O)Nc2cccc(C#N)c2)s1. The van der Waals surface area contributed by atoms with Gasteiger partial charge in [0, 0.05) is 24.4 Å². The molecule has 1 aromatic heterocycles. The summed E-state index contributed by atoms with van der Waals surface area (Å²) in [6.07, 6.45) is 1.41. The number of hydrogen-bond acceptors (Lipinski definition) is 7. The lowest BCUT2D eigenvalue weighted by Crippen LogP contribution is -2.12. The highest BCUT2D eigenvalue weighted by Gasteiger charge is 2.07. The Hall–Kier alpha value is -2.11. The summed E-state index contributed by atoms with van der Waals surface area (Å²) < 4.78 is 0.850. The van der Waals surface area contributed by atoms with E-state index in [2.05, 4.69) is 27.8 Å². The Labute approximate surface area is 143 Å². The molecule has 6 nitrogen and oxygen atoms in total. The highest BCUT2D eigenvalue weighted by Crippen LogP contribution is 2.26. The normalized spacial score (nSPS) is 10.1. The van der Waals surface area contributed by atoms with E-state index in [1.165, 1.54) is 23.1 Å². The third-order valence-electron chi connectivity index (χ3n) is 2.76. The summed E-state index contributed by atoms with van der Waals surface area (Å²) >= 11 is 3.01. The number of hydrogen-bond donors (Lipinski definition) is 2. The molecule has 120 valence electrons. The fourth-order valence-electron chi connectivity index (χ4n) is 1.69. The topological polar surface area (TPSA) is 90.7 Å². The molecule has 1 aromatic carbocycles. The molecule has 8 heteroatoms. The molecule has 0 aliphatic heterocycles. The van der Waals surface area contributed by atoms with Crippen LogP contribution >= 0.6 is 23.1 Å². The molecule has 0 aliphatic carbocycles. The molecule has 2 rings (SSSR count). The summed E-state index contributed by atoms with van der Waals surface area (Å²) in [5, 5.41) is 23.7. The van der Waals surface area contributed by atoms with Crippen LogP contribution in [0, 0.1) is 11.3 Å². The molecule has 2 aromatic rings. The lowest BCUT2D eigenvalue weighted by Gasteiger charge is -2.04. The fraction of sp³-hybridized carbons (Fsp3) is 0.333. The molecule has 0 unspecified atom stereocenters. The maximum atomic E-state index is 11.9. The number of benzene rings is 1. The summed E-state index contributed by atoms with van der Waals surface area (Å²) in [6, 6.07) is 8.91. The van der Waals surface area contributed by atoms with Crippen LogP contribution in [0.5, 0.6) is 0 Å². The average Bonchev–Trinajstić information content (AvgIpc) is 3.01. The minimum absolute atomic E-state index is 0.0820. The van der Waals surface area contributed by atoms with Crippen LogP contribution in [0.1, 0.15) is 25.3 Å². The molecule has 0 radical (unpaired) electrons. The largest absolute Gasteiger partial charge is 0.360 e. The zero-order chi connectivity index (χ0) is 16.5. The van der Waals surface area contributed by atoms with Crippen molar-refractivity contribution in [3.8, 4) is 6.07 Å². The number of aromatic nitrogens is 2. The Morgan fingerprint density at radius 1 is 1.43 bits per heavy atom. The van der Waals surface area contributed by atoms with Gasteiger partial charge < -0.3 is 10.6 Å². The maximum absolute atomic E-state index is 11.9. The minimum Gasteiger partial charge on any atom is -0.360 e. The number of thioether (sulfide) groups is 1. The summed E-state index contributed by atoms with van der Waals surface area (Å²) in [5.41, 5.74) is 1.17. The molecule has 0 atom stereocenters. The molecular formula is C15H17N5OS2. The monoisotopic (exact) mass is 347 g/mol. The van der Waals surface area contributed by atoms with Crippen molar-refractivity contribution in [3.63, 3.8) is 0 Å². The third kappa shape index (κ3) is 5.88. The van der Waals surface area contributed by atoms with Gasteiger partial charge in [0.1, 0.15) is 0 Å². The standard InChI is InChI=1S/C15H17N5OS2/c1-2-7-17-14-19-20-15(23-14)22-8-6-13(21)18-12-5-3-4-11(9-12)10-16/h3-5,9H,2,6-8H2,1H3,(H,17,19)(H,18,21). The van der Waals surface area contributed by atoms with Gasteiger partial charge in [-0.25, -0.2) is 0 Å². The molecule has 0 saturated carbocycles. The maximum Gasteiger partial charge on any atom is 0.225 e. The van der Waals surface area contributed by atoms with Crippen LogP contribution in [-0.2, 0) is 4.79 Å². The lowest BCUT2D eigenvalue weighted by atomic mass is 10.2. The summed E-state index contributed by atoms with van der Waals surface area (Å²) in [7, 11) is 0. The second-order valence-electron chi connectivity index (χ2n) is 4.64. The first-order valence-corrected chi connectivity index (χ1v) is 9.01. The first-order valence-electron chi connectivity index (χ1n) is 7.21. The second kappa shape index (κ2) is 9.12. The van der Waals surface area contributed by atoms with E-state index in [4.69, 9.17) is 5.26 Å². The van der Waals surface area contributed by atoms with Crippen molar-refractivity contribution in [2.45, 2.75) is 24.1 Å². The van der Waals surface area contributed by atoms with Crippen molar-refractivity contribution in [3.05, 3.63) is 29.8 Å². The molecule has 0 spiro atoms. The van der Waals surface area contributed by atoms with Gasteiger partial charge in [0.25, 0.3) is 0 Å². The van der Waals surface area contributed by atoms with Crippen molar-refractivity contribution in [1.82, 2.24) is 10.2 Å². The van der Waals surface area contributed by atoms with E-state index in [0.29, 0.717) is 23.4 Å². The number of nitrogens with one attached hydrogen (secondary N) is 2. The van der Waals surface area contributed by atoms with Gasteiger partial charge in [-0.3, -0.25) is 4.79 Å². The number of amides is 1. The van der Waals surface area contributed by atoms with Crippen molar-refractivity contribution >= 4 is 39.8 Å². The minimum atomic E-state index is -0.0820. The van der Waals surface area contributed by atoms with Gasteiger partial charge in [0.05, 0.1) is 11.6 Å². The summed E-state index contributed by atoms with van der Waals surface area (Å²) in [6.45, 7) is 2.97. The number of anilines is 2. The quantitative estimate of drug-likeness (QED) is 0.712. The van der Waals surface area contributed by atoms with E-state index >= 15 is 0 Å². The van der Waals surface area contributed by atoms with Crippen LogP contribution in [0.3, 0.4) is 0 Å². The molecule has 23 heavy (non-hydrogen) atoms. The predicted octanol–water partition coefficient (Wildman–Crippen LogP) is 3.35. The second-order valence-corrected chi connectivity index (χ2v) is 6.96. The van der Waals surface area contributed by atoms with Crippen molar-refractivity contribution < 1.29 is 4.79 Å². The van der Waals surface area contributed by atoms with Gasteiger partial charge in [-0.2, -0.15) is 5.26 Å². The van der Waals surface area contributed by atoms with E-state index < -0.39 is 0 Å². The Morgan fingerprint density at radius 3 is 3.09 bits per heavy atom. The van der Waals surface area contributed by atoms with E-state index in [1.807, 2.05) is 6.07 Å². The Morgan fingerprint density at radius 2 is 2.30 bits per heavy atom. The molecule has 0 saturated heterocycles. The summed E-state index contributed by atoms with van der Waals surface area (Å²) in [5.74, 6) is 0.549. The van der Waals surface area contributed by atoms with Gasteiger partial charge >= 0.3 is 0 Å². The Bertz CT molecular complexity index is 695. The zero-order valence-electron chi connectivity index (χ0n) is 12.7. The number of carbonyl (C=O) groups is 1. The van der Waals surface area contributed by atoms with E-state index in [1.54, 1.807) is 24.3 Å². The zero-order valence-corrected chi connectivity index (χ0v) is 14.3. The Kier molecular flexibility index (Phi) is 6.84. The van der Waals surface area contributed by atoms with Crippen LogP contribution in [0.25, 0.3) is 0 Å². The molecular weight excluding hydrogens is 330 g/mol. The third-order valence-corrected chi connectivity index (χ3v) is 4.78. The van der Waals surface area contributed by atoms with Gasteiger partial charge in [0.15, 0.2) is 4.34 Å². The first-order chi connectivity index (χ1) is 11.2. The smallest absolute Gasteiger partial charge is 0.225 e. The van der Waals surface area contributed by atoms with Crippen molar-refractivity contribution in [1.29, 1.82) is 5.26 Å². The number of rotatable bonds is 8. The van der Waals surface area contributed by atoms with Crippen molar-refractivity contribution in [2.75, 3.05) is 22.9 Å². The van der Waals surface area contributed by atoms with E-state index in [0.717, 1.165) is 22.4 Å². The van der Waals surface area contributed by atoms with Crippen molar-refractivity contribution in [2.24, 2.45) is 0 Å². The first kappa shape index (κ1) is 17.2. The number of nitrogens with zero attached hydrogens (tertiary/aromatic N) is 3. The molecule has 0 aliphatic rings. The molecule has 1 heterocycles. The van der Waals surface area contributed by atoms with E-state index in [-0.39, 0.29) is 5.91 Å². The summed E-state index contributed by atoms with van der Waals surface area (Å²) in [4.78, 5) is 11.9. The van der Waals surface area contributed by atoms with Gasteiger partial charge in [0.2, 0.25) is 11.0 Å². The lowest BCUT2D eigenvalue weighted by molar-refractivity contribution is -0.115. The van der Waals surface area contributed by atoms with E-state index in [9.17, 15) is 4.79 Å². The molecule has 0 bridgehead atoms. The van der Waals surface area contributed by atoms with Crippen LogP contribution in [-0.4, -0.2) is 28.4 Å². The van der Waals surface area contributed by atoms with Gasteiger partial charge in [-0.15, -0.1) is 10.2 Å². The predicted molar refractivity (Wildman–Crippen MR) is 93.8 cm³/mol. The number of nitriles is 1. The molecule has 2 N–H and O–H groups in total. The molecule has 1 amide bonds.